The van der Waals surface area contributed by atoms with E-state index in [4.69, 9.17) is 4.74 Å². The Balaban J connectivity index is 1.77. The predicted octanol–water partition coefficient (Wildman–Crippen LogP) is 3.31. The number of carbonyl (C=O) groups is 1. The number of nitrogens with zero attached hydrogens (tertiary/aromatic N) is 1. The lowest BCUT2D eigenvalue weighted by Crippen LogP contribution is -2.32. The number of hydrogen-bond acceptors (Lipinski definition) is 5. The molecule has 1 heterocycles. The zero-order valence-corrected chi connectivity index (χ0v) is 16.0. The molecule has 1 aromatic carbocycles. The molecule has 144 valence electrons. The Morgan fingerprint density at radius 1 is 1.22 bits per heavy atom. The van der Waals surface area contributed by atoms with E-state index < -0.39 is 10.0 Å². The van der Waals surface area contributed by atoms with Gasteiger partial charge in [-0.3, -0.25) is 9.52 Å². The zero-order valence-electron chi connectivity index (χ0n) is 15.1. The summed E-state index contributed by atoms with van der Waals surface area (Å²) in [5, 5.41) is 3.02. The molecule has 7 nitrogen and oxygen atoms in total. The third-order valence-corrected chi connectivity index (χ3v) is 5.71. The molecule has 0 aliphatic heterocycles. The number of carbonyl (C=O) groups excluding carboxylic acids is 1. The monoisotopic (exact) mass is 389 g/mol. The zero-order chi connectivity index (χ0) is 19.3. The highest BCUT2D eigenvalue weighted by molar-refractivity contribution is 7.92. The summed E-state index contributed by atoms with van der Waals surface area (Å²) < 4.78 is 31.7. The summed E-state index contributed by atoms with van der Waals surface area (Å²) in [7, 11) is -3.38. The van der Waals surface area contributed by atoms with E-state index in [2.05, 4.69) is 15.0 Å². The van der Waals surface area contributed by atoms with Crippen molar-refractivity contribution in [3.05, 3.63) is 48.2 Å². The predicted molar refractivity (Wildman–Crippen MR) is 104 cm³/mol. The van der Waals surface area contributed by atoms with E-state index in [1.54, 1.807) is 49.5 Å². The van der Waals surface area contributed by atoms with Crippen LogP contribution in [-0.2, 0) is 10.0 Å². The first-order valence-electron chi connectivity index (χ1n) is 9.01. The highest BCUT2D eigenvalue weighted by Crippen LogP contribution is 2.26. The fourth-order valence-electron chi connectivity index (χ4n) is 2.96. The van der Waals surface area contributed by atoms with Crippen LogP contribution in [0.15, 0.2) is 42.6 Å². The minimum absolute atomic E-state index is 0.0240. The van der Waals surface area contributed by atoms with E-state index >= 15 is 0 Å². The normalized spacial score (nSPS) is 14.7. The molecule has 2 aromatic rings. The van der Waals surface area contributed by atoms with Gasteiger partial charge in [-0.2, -0.15) is 0 Å². The van der Waals surface area contributed by atoms with Crippen molar-refractivity contribution in [1.82, 2.24) is 10.3 Å². The standard InChI is InChI=1S/C19H23N3O4S/c1-2-27(24,25)22-15-9-5-10-16(13-15)26-19-17(11-6-12-20-19)18(23)21-14-7-3-4-8-14/h5-6,9-14,22H,2-4,7-8H2,1H3,(H,21,23). The Kier molecular flexibility index (Phi) is 5.95. The van der Waals surface area contributed by atoms with Gasteiger partial charge in [-0.15, -0.1) is 0 Å². The molecule has 1 aliphatic rings. The van der Waals surface area contributed by atoms with Crippen molar-refractivity contribution >= 4 is 21.6 Å². The molecule has 1 aliphatic carbocycles. The van der Waals surface area contributed by atoms with Crippen LogP contribution in [0.5, 0.6) is 11.6 Å². The van der Waals surface area contributed by atoms with Gasteiger partial charge in [0.1, 0.15) is 11.3 Å². The smallest absolute Gasteiger partial charge is 0.257 e. The van der Waals surface area contributed by atoms with Crippen LogP contribution in [0.4, 0.5) is 5.69 Å². The Morgan fingerprint density at radius 3 is 2.74 bits per heavy atom. The number of nitrogens with one attached hydrogen (secondary N) is 2. The third-order valence-electron chi connectivity index (χ3n) is 4.41. The summed E-state index contributed by atoms with van der Waals surface area (Å²) >= 11 is 0. The molecule has 0 radical (unpaired) electrons. The molecule has 0 bridgehead atoms. The maximum Gasteiger partial charge on any atom is 0.257 e. The number of pyridine rings is 1. The number of rotatable bonds is 7. The fraction of sp³-hybridized carbons (Fsp3) is 0.368. The molecular weight excluding hydrogens is 366 g/mol. The van der Waals surface area contributed by atoms with Gasteiger partial charge >= 0.3 is 0 Å². The lowest BCUT2D eigenvalue weighted by Gasteiger charge is -2.14. The number of benzene rings is 1. The van der Waals surface area contributed by atoms with Gasteiger partial charge in [0.15, 0.2) is 0 Å². The van der Waals surface area contributed by atoms with Crippen molar-refractivity contribution in [2.75, 3.05) is 10.5 Å². The van der Waals surface area contributed by atoms with E-state index in [1.807, 2.05) is 0 Å². The van der Waals surface area contributed by atoms with Gasteiger partial charge in [-0.1, -0.05) is 18.9 Å². The SMILES string of the molecule is CCS(=O)(=O)Nc1cccc(Oc2ncccc2C(=O)NC2CCCC2)c1. The van der Waals surface area contributed by atoms with E-state index in [-0.39, 0.29) is 23.6 Å². The molecule has 0 spiro atoms. The Hall–Kier alpha value is -2.61. The summed E-state index contributed by atoms with van der Waals surface area (Å²) in [6.07, 6.45) is 5.78. The summed E-state index contributed by atoms with van der Waals surface area (Å²) in [5.74, 6) is 0.334. The molecule has 1 fully saturated rings. The third kappa shape index (κ3) is 5.19. The second-order valence-corrected chi connectivity index (χ2v) is 8.46. The maximum absolute atomic E-state index is 12.6. The Bertz CT molecular complexity index is 909. The summed E-state index contributed by atoms with van der Waals surface area (Å²) in [6, 6.07) is 10.1. The largest absolute Gasteiger partial charge is 0.438 e. The Morgan fingerprint density at radius 2 is 2.00 bits per heavy atom. The highest BCUT2D eigenvalue weighted by Gasteiger charge is 2.21. The quantitative estimate of drug-likeness (QED) is 0.757. The summed E-state index contributed by atoms with van der Waals surface area (Å²) in [6.45, 7) is 1.56. The molecule has 8 heteroatoms. The molecule has 1 aromatic heterocycles. The molecule has 27 heavy (non-hydrogen) atoms. The van der Waals surface area contributed by atoms with E-state index in [0.717, 1.165) is 25.7 Å². The van der Waals surface area contributed by atoms with Gasteiger partial charge in [0, 0.05) is 18.3 Å². The second kappa shape index (κ2) is 8.39. The van der Waals surface area contributed by atoms with Crippen molar-refractivity contribution in [1.29, 1.82) is 0 Å². The van der Waals surface area contributed by atoms with Crippen LogP contribution in [0.25, 0.3) is 0 Å². The average Bonchev–Trinajstić information content (AvgIpc) is 3.15. The van der Waals surface area contributed by atoms with Crippen molar-refractivity contribution in [3.63, 3.8) is 0 Å². The lowest BCUT2D eigenvalue weighted by molar-refractivity contribution is 0.0935. The molecule has 0 saturated heterocycles. The van der Waals surface area contributed by atoms with Crippen molar-refractivity contribution in [2.24, 2.45) is 0 Å². The number of sulfonamides is 1. The number of hydrogen-bond donors (Lipinski definition) is 2. The van der Waals surface area contributed by atoms with E-state index in [1.165, 1.54) is 0 Å². The van der Waals surface area contributed by atoms with Gasteiger partial charge in [-0.05, 0) is 44.0 Å². The first kappa shape index (κ1) is 19.2. The van der Waals surface area contributed by atoms with Crippen LogP contribution < -0.4 is 14.8 Å². The first-order valence-corrected chi connectivity index (χ1v) is 10.7. The minimum atomic E-state index is -3.38. The number of ether oxygens (including phenoxy) is 1. The summed E-state index contributed by atoms with van der Waals surface area (Å²) in [4.78, 5) is 16.8. The van der Waals surface area contributed by atoms with Crippen LogP contribution >= 0.6 is 0 Å². The average molecular weight is 389 g/mol. The molecule has 0 atom stereocenters. The molecular formula is C19H23N3O4S. The van der Waals surface area contributed by atoms with Crippen molar-refractivity contribution < 1.29 is 17.9 Å². The lowest BCUT2D eigenvalue weighted by atomic mass is 10.2. The summed E-state index contributed by atoms with van der Waals surface area (Å²) in [5.41, 5.74) is 0.742. The van der Waals surface area contributed by atoms with Crippen molar-refractivity contribution in [3.8, 4) is 11.6 Å². The second-order valence-electron chi connectivity index (χ2n) is 6.45. The fourth-order valence-corrected chi connectivity index (χ4v) is 3.60. The van der Waals surface area contributed by atoms with Gasteiger partial charge in [0.25, 0.3) is 5.91 Å². The number of aromatic nitrogens is 1. The molecule has 2 N–H and O–H groups in total. The molecule has 3 rings (SSSR count). The van der Waals surface area contributed by atoms with Crippen LogP contribution in [-0.4, -0.2) is 31.1 Å². The van der Waals surface area contributed by atoms with Crippen molar-refractivity contribution in [2.45, 2.75) is 38.6 Å². The van der Waals surface area contributed by atoms with Gasteiger partial charge in [-0.25, -0.2) is 13.4 Å². The van der Waals surface area contributed by atoms with Crippen LogP contribution in [0.1, 0.15) is 43.0 Å². The van der Waals surface area contributed by atoms with E-state index in [9.17, 15) is 13.2 Å². The van der Waals surface area contributed by atoms with Gasteiger partial charge < -0.3 is 10.1 Å². The topological polar surface area (TPSA) is 97.4 Å². The van der Waals surface area contributed by atoms with E-state index in [0.29, 0.717) is 17.0 Å². The minimum Gasteiger partial charge on any atom is -0.438 e. The Labute approximate surface area is 159 Å². The number of anilines is 1. The highest BCUT2D eigenvalue weighted by atomic mass is 32.2. The first-order chi connectivity index (χ1) is 13.0. The van der Waals surface area contributed by atoms with Crippen LogP contribution in [0.3, 0.4) is 0 Å². The van der Waals surface area contributed by atoms with Crippen LogP contribution in [0, 0.1) is 0 Å². The van der Waals surface area contributed by atoms with Gasteiger partial charge in [0.2, 0.25) is 15.9 Å². The van der Waals surface area contributed by atoms with Gasteiger partial charge in [0.05, 0.1) is 11.4 Å². The molecule has 0 unspecified atom stereocenters. The molecule has 1 saturated carbocycles. The molecule has 1 amide bonds. The van der Waals surface area contributed by atoms with Crippen LogP contribution in [0.2, 0.25) is 0 Å². The number of amides is 1. The maximum atomic E-state index is 12.6.